The minimum atomic E-state index is -3.93. The first-order valence-electron chi connectivity index (χ1n) is 12.6. The third-order valence-electron chi connectivity index (χ3n) is 6.01. The van der Waals surface area contributed by atoms with Crippen LogP contribution in [-0.4, -0.2) is 29.4 Å². The van der Waals surface area contributed by atoms with Crippen molar-refractivity contribution in [3.05, 3.63) is 0 Å². The van der Waals surface area contributed by atoms with E-state index in [0.29, 0.717) is 12.8 Å². The Morgan fingerprint density at radius 1 is 0.552 bits per heavy atom. The van der Waals surface area contributed by atoms with Gasteiger partial charge in [0.05, 0.1) is 11.4 Å². The Hall–Kier alpha value is -0.130. The third kappa shape index (κ3) is 19.6. The Morgan fingerprint density at radius 2 is 0.862 bits per heavy atom. The van der Waals surface area contributed by atoms with Crippen molar-refractivity contribution in [1.82, 2.24) is 0 Å². The van der Waals surface area contributed by atoms with E-state index in [1.54, 1.807) is 0 Å². The van der Waals surface area contributed by atoms with Gasteiger partial charge in [-0.1, -0.05) is 117 Å². The van der Waals surface area contributed by atoms with Crippen molar-refractivity contribution in [3.8, 4) is 0 Å². The zero-order valence-electron chi connectivity index (χ0n) is 19.4. The van der Waals surface area contributed by atoms with E-state index in [-0.39, 0.29) is 6.10 Å². The van der Waals surface area contributed by atoms with E-state index in [2.05, 4.69) is 13.8 Å². The summed E-state index contributed by atoms with van der Waals surface area (Å²) in [4.78, 5) is 0. The second-order valence-corrected chi connectivity index (χ2v) is 10.6. The molecule has 176 valence electrons. The van der Waals surface area contributed by atoms with Gasteiger partial charge < -0.3 is 5.11 Å². The van der Waals surface area contributed by atoms with E-state index in [1.807, 2.05) is 0 Å². The van der Waals surface area contributed by atoms with Crippen LogP contribution in [0.4, 0.5) is 0 Å². The zero-order valence-corrected chi connectivity index (χ0v) is 20.2. The second-order valence-electron chi connectivity index (χ2n) is 8.90. The van der Waals surface area contributed by atoms with Crippen LogP contribution in [-0.2, 0) is 10.1 Å². The fourth-order valence-electron chi connectivity index (χ4n) is 4.00. The van der Waals surface area contributed by atoms with Crippen molar-refractivity contribution in [2.24, 2.45) is 0 Å². The Kier molecular flexibility index (Phi) is 19.7. The summed E-state index contributed by atoms with van der Waals surface area (Å²) < 4.78 is 32.8. The molecule has 0 rings (SSSR count). The normalized spacial score (nSPS) is 14.2. The van der Waals surface area contributed by atoms with E-state index in [9.17, 15) is 18.1 Å². The van der Waals surface area contributed by atoms with Gasteiger partial charge in [-0.3, -0.25) is 4.55 Å². The predicted octanol–water partition coefficient (Wildman–Crippen LogP) is 7.45. The molecule has 2 N–H and O–H groups in total. The molecule has 0 amide bonds. The number of aliphatic hydroxyl groups excluding tert-OH is 1. The first kappa shape index (κ1) is 28.9. The minimum Gasteiger partial charge on any atom is -0.393 e. The summed E-state index contributed by atoms with van der Waals surface area (Å²) in [6, 6.07) is 0. The molecule has 0 aromatic carbocycles. The van der Waals surface area contributed by atoms with E-state index in [0.717, 1.165) is 57.8 Å². The van der Waals surface area contributed by atoms with E-state index >= 15 is 0 Å². The molecule has 0 aliphatic heterocycles. The number of rotatable bonds is 22. The van der Waals surface area contributed by atoms with Crippen molar-refractivity contribution in [2.75, 3.05) is 0 Å². The van der Waals surface area contributed by atoms with Crippen LogP contribution in [0.1, 0.15) is 142 Å². The number of hydrogen-bond acceptors (Lipinski definition) is 3. The minimum absolute atomic E-state index is 0.181. The largest absolute Gasteiger partial charge is 0.393 e. The summed E-state index contributed by atoms with van der Waals surface area (Å²) in [5.41, 5.74) is 0. The molecule has 0 spiro atoms. The summed E-state index contributed by atoms with van der Waals surface area (Å²) in [5.74, 6) is 0. The maximum absolute atomic E-state index is 11.6. The zero-order chi connectivity index (χ0) is 21.8. The van der Waals surface area contributed by atoms with Crippen molar-refractivity contribution < 1.29 is 18.1 Å². The monoisotopic (exact) mass is 434 g/mol. The van der Waals surface area contributed by atoms with Gasteiger partial charge in [0.1, 0.15) is 0 Å². The fraction of sp³-hybridized carbons (Fsp3) is 1.00. The molecule has 0 saturated heterocycles. The van der Waals surface area contributed by atoms with Gasteiger partial charge in [0.25, 0.3) is 10.1 Å². The number of aliphatic hydroxyl groups is 1. The van der Waals surface area contributed by atoms with Gasteiger partial charge in [-0.15, -0.1) is 0 Å². The third-order valence-corrected chi connectivity index (χ3v) is 7.32. The average Bonchev–Trinajstić information content (AvgIpc) is 2.67. The molecule has 0 aliphatic rings. The van der Waals surface area contributed by atoms with Gasteiger partial charge in [0.2, 0.25) is 0 Å². The molecule has 0 aromatic heterocycles. The first-order valence-corrected chi connectivity index (χ1v) is 14.1. The standard InChI is InChI=1S/C24H50O4S/c1-3-5-7-9-10-12-17-21-24(29(26,27)28)22-18-14-13-16-20-23(25)19-15-11-8-6-4-2/h23-25H,3-22H2,1-2H3,(H,26,27,28). The lowest BCUT2D eigenvalue weighted by molar-refractivity contribution is 0.147. The van der Waals surface area contributed by atoms with Crippen molar-refractivity contribution in [2.45, 2.75) is 154 Å². The molecule has 29 heavy (non-hydrogen) atoms. The van der Waals surface area contributed by atoms with E-state index < -0.39 is 15.4 Å². The molecule has 0 saturated carbocycles. The van der Waals surface area contributed by atoms with Crippen LogP contribution in [0.2, 0.25) is 0 Å². The molecule has 0 aromatic rings. The van der Waals surface area contributed by atoms with Crippen molar-refractivity contribution >= 4 is 10.1 Å². The molecule has 0 radical (unpaired) electrons. The summed E-state index contributed by atoms with van der Waals surface area (Å²) in [5, 5.41) is 9.44. The predicted molar refractivity (Wildman–Crippen MR) is 125 cm³/mol. The molecule has 0 fully saturated rings. The lowest BCUT2D eigenvalue weighted by Crippen LogP contribution is -2.20. The van der Waals surface area contributed by atoms with Gasteiger partial charge in [-0.25, -0.2) is 0 Å². The van der Waals surface area contributed by atoms with Gasteiger partial charge in [0, 0.05) is 0 Å². The molecule has 0 heterocycles. The molecule has 2 atom stereocenters. The van der Waals surface area contributed by atoms with Crippen LogP contribution in [0.3, 0.4) is 0 Å². The van der Waals surface area contributed by atoms with Gasteiger partial charge >= 0.3 is 0 Å². The molecule has 4 nitrogen and oxygen atoms in total. The summed E-state index contributed by atoms with van der Waals surface area (Å²) in [6.07, 6.45) is 20.9. The van der Waals surface area contributed by atoms with Gasteiger partial charge in [-0.2, -0.15) is 8.42 Å². The molecule has 5 heteroatoms. The molecule has 0 bridgehead atoms. The topological polar surface area (TPSA) is 74.6 Å². The quantitative estimate of drug-likeness (QED) is 0.137. The SMILES string of the molecule is CCCCCCCCCC(CCCCCCC(O)CCCCCCC)S(=O)(=O)O. The highest BCUT2D eigenvalue weighted by atomic mass is 32.2. The van der Waals surface area contributed by atoms with Crippen LogP contribution >= 0.6 is 0 Å². The highest BCUT2D eigenvalue weighted by molar-refractivity contribution is 7.86. The van der Waals surface area contributed by atoms with E-state index in [4.69, 9.17) is 0 Å². The van der Waals surface area contributed by atoms with Crippen LogP contribution < -0.4 is 0 Å². The van der Waals surface area contributed by atoms with Crippen LogP contribution in [0.5, 0.6) is 0 Å². The summed E-state index contributed by atoms with van der Waals surface area (Å²) in [7, 11) is -3.93. The highest BCUT2D eigenvalue weighted by Gasteiger charge is 2.21. The van der Waals surface area contributed by atoms with E-state index in [1.165, 1.54) is 57.8 Å². The smallest absolute Gasteiger partial charge is 0.267 e. The molecular weight excluding hydrogens is 384 g/mol. The average molecular weight is 435 g/mol. The van der Waals surface area contributed by atoms with Crippen LogP contribution in [0, 0.1) is 0 Å². The van der Waals surface area contributed by atoms with Crippen molar-refractivity contribution in [3.63, 3.8) is 0 Å². The molecular formula is C24H50O4S. The number of hydrogen-bond donors (Lipinski definition) is 2. The summed E-state index contributed by atoms with van der Waals surface area (Å²) in [6.45, 7) is 4.41. The Labute approximate surface area is 182 Å². The van der Waals surface area contributed by atoms with Crippen LogP contribution in [0.15, 0.2) is 0 Å². The lowest BCUT2D eigenvalue weighted by Gasteiger charge is -2.14. The van der Waals surface area contributed by atoms with Crippen molar-refractivity contribution in [1.29, 1.82) is 0 Å². The Morgan fingerprint density at radius 3 is 1.21 bits per heavy atom. The second kappa shape index (κ2) is 19.8. The maximum atomic E-state index is 11.6. The molecule has 0 aliphatic carbocycles. The lowest BCUT2D eigenvalue weighted by atomic mass is 10.0. The summed E-state index contributed by atoms with van der Waals surface area (Å²) >= 11 is 0. The van der Waals surface area contributed by atoms with Gasteiger partial charge in [0.15, 0.2) is 0 Å². The Bertz CT molecular complexity index is 436. The maximum Gasteiger partial charge on any atom is 0.267 e. The fourth-order valence-corrected chi connectivity index (χ4v) is 4.93. The first-order chi connectivity index (χ1) is 13.9. The number of unbranched alkanes of at least 4 members (excludes halogenated alkanes) is 13. The van der Waals surface area contributed by atoms with Gasteiger partial charge in [-0.05, 0) is 25.7 Å². The van der Waals surface area contributed by atoms with Crippen LogP contribution in [0.25, 0.3) is 0 Å². The Balaban J connectivity index is 3.74. The highest BCUT2D eigenvalue weighted by Crippen LogP contribution is 2.19. The molecule has 2 unspecified atom stereocenters.